The molecule has 34 heavy (non-hydrogen) atoms. The van der Waals surface area contributed by atoms with Crippen molar-refractivity contribution in [3.05, 3.63) is 101 Å². The summed E-state index contributed by atoms with van der Waals surface area (Å²) in [5.74, 6) is -0.00586. The molecule has 0 spiro atoms. The number of nitrogens with one attached hydrogen (secondary N) is 2. The third-order valence-corrected chi connectivity index (χ3v) is 6.81. The number of nitrogens with zero attached hydrogens (tertiary/aromatic N) is 1. The van der Waals surface area contributed by atoms with E-state index in [4.69, 9.17) is 0 Å². The summed E-state index contributed by atoms with van der Waals surface area (Å²) in [4.78, 5) is 28.8. The molecule has 1 unspecified atom stereocenters. The Hall–Kier alpha value is -3.64. The predicted molar refractivity (Wildman–Crippen MR) is 130 cm³/mol. The highest BCUT2D eigenvalue weighted by atomic mass is 16.3. The van der Waals surface area contributed by atoms with Gasteiger partial charge in [-0.15, -0.1) is 0 Å². The van der Waals surface area contributed by atoms with Crippen LogP contribution in [-0.4, -0.2) is 46.5 Å². The minimum atomic E-state index is -0.625. The summed E-state index contributed by atoms with van der Waals surface area (Å²) in [5, 5.41) is 16.1. The number of phenols is 1. The Labute approximate surface area is 199 Å². The van der Waals surface area contributed by atoms with Crippen LogP contribution in [0.4, 0.5) is 0 Å². The van der Waals surface area contributed by atoms with E-state index >= 15 is 0 Å². The number of carbonyl (C=O) groups is 2. The lowest BCUT2D eigenvalue weighted by molar-refractivity contribution is -0.149. The molecule has 3 N–H and O–H groups in total. The maximum Gasteiger partial charge on any atom is 0.246 e. The predicted octanol–water partition coefficient (Wildman–Crippen LogP) is 2.59. The fourth-order valence-corrected chi connectivity index (χ4v) is 4.98. The van der Waals surface area contributed by atoms with Crippen LogP contribution in [0.1, 0.15) is 22.3 Å². The zero-order valence-electron chi connectivity index (χ0n) is 19.0. The Kier molecular flexibility index (Phi) is 6.32. The normalized spacial score (nSPS) is 22.2. The van der Waals surface area contributed by atoms with Crippen molar-refractivity contribution >= 4 is 11.8 Å². The van der Waals surface area contributed by atoms with E-state index < -0.39 is 12.1 Å². The van der Waals surface area contributed by atoms with Gasteiger partial charge in [0.05, 0.1) is 0 Å². The van der Waals surface area contributed by atoms with Gasteiger partial charge in [0.2, 0.25) is 11.8 Å². The third-order valence-electron chi connectivity index (χ3n) is 6.81. The second-order valence-electron chi connectivity index (χ2n) is 9.18. The molecule has 0 radical (unpaired) electrons. The number of piperazine rings is 1. The van der Waals surface area contributed by atoms with E-state index in [9.17, 15) is 14.7 Å². The first-order valence-corrected chi connectivity index (χ1v) is 11.8. The van der Waals surface area contributed by atoms with Gasteiger partial charge in [-0.3, -0.25) is 9.59 Å². The first-order valence-electron chi connectivity index (χ1n) is 11.8. The number of hydrogen-bond donors (Lipinski definition) is 3. The van der Waals surface area contributed by atoms with Crippen molar-refractivity contribution in [3.8, 4) is 5.75 Å². The SMILES string of the molecule is O=C1N[C@@H](Cc2ccc(O)cc2)C(=O)N(CC2Cc3ccccc3CN2)[C@H]1Cc1ccccc1. The molecule has 2 aliphatic heterocycles. The molecule has 1 fully saturated rings. The fraction of sp³-hybridized carbons (Fsp3) is 0.286. The number of amides is 2. The molecule has 3 atom stereocenters. The minimum absolute atomic E-state index is 0.0609. The monoisotopic (exact) mass is 455 g/mol. The van der Waals surface area contributed by atoms with E-state index in [0.29, 0.717) is 19.4 Å². The maximum absolute atomic E-state index is 13.7. The molecule has 0 saturated carbocycles. The molecule has 2 heterocycles. The number of fused-ring (bicyclic) bond motifs is 1. The quantitative estimate of drug-likeness (QED) is 0.534. The maximum atomic E-state index is 13.7. The first kappa shape index (κ1) is 22.2. The Bertz CT molecular complexity index is 1160. The number of aromatic hydroxyl groups is 1. The zero-order chi connectivity index (χ0) is 23.5. The Balaban J connectivity index is 1.38. The van der Waals surface area contributed by atoms with Gasteiger partial charge in [0.15, 0.2) is 0 Å². The molecule has 174 valence electrons. The van der Waals surface area contributed by atoms with Crippen LogP contribution >= 0.6 is 0 Å². The van der Waals surface area contributed by atoms with Crippen molar-refractivity contribution in [2.75, 3.05) is 6.54 Å². The van der Waals surface area contributed by atoms with Crippen molar-refractivity contribution in [1.82, 2.24) is 15.5 Å². The van der Waals surface area contributed by atoms with Gasteiger partial charge in [0.25, 0.3) is 0 Å². The molecule has 2 aliphatic rings. The summed E-state index contributed by atoms with van der Waals surface area (Å²) in [6.07, 6.45) is 1.69. The molecule has 3 aromatic carbocycles. The van der Waals surface area contributed by atoms with Crippen LogP contribution in [0.5, 0.6) is 5.75 Å². The molecule has 0 aromatic heterocycles. The van der Waals surface area contributed by atoms with Gasteiger partial charge in [-0.2, -0.15) is 0 Å². The molecule has 6 nitrogen and oxygen atoms in total. The van der Waals surface area contributed by atoms with E-state index in [0.717, 1.165) is 24.1 Å². The molecule has 5 rings (SSSR count). The standard InChI is InChI=1S/C28H29N3O3/c32-24-12-10-20(11-13-24)14-25-28(34)31(18-23-16-21-8-4-5-9-22(21)17-29-23)26(27(33)30-25)15-19-6-2-1-3-7-19/h1-13,23,25-26,29,32H,14-18H2,(H,30,33)/t23?,25-,26-/m0/s1. The van der Waals surface area contributed by atoms with E-state index in [-0.39, 0.29) is 23.6 Å². The Morgan fingerprint density at radius 3 is 2.26 bits per heavy atom. The van der Waals surface area contributed by atoms with Gasteiger partial charge in [0, 0.05) is 32.0 Å². The lowest BCUT2D eigenvalue weighted by Crippen LogP contribution is -2.66. The lowest BCUT2D eigenvalue weighted by Gasteiger charge is -2.41. The largest absolute Gasteiger partial charge is 0.508 e. The van der Waals surface area contributed by atoms with E-state index in [2.05, 4.69) is 22.8 Å². The molecule has 1 saturated heterocycles. The summed E-state index contributed by atoms with van der Waals surface area (Å²) < 4.78 is 0. The second kappa shape index (κ2) is 9.69. The highest BCUT2D eigenvalue weighted by Crippen LogP contribution is 2.22. The van der Waals surface area contributed by atoms with Crippen LogP contribution in [0.25, 0.3) is 0 Å². The molecule has 6 heteroatoms. The molecular formula is C28H29N3O3. The van der Waals surface area contributed by atoms with Crippen molar-refractivity contribution < 1.29 is 14.7 Å². The average Bonchev–Trinajstić information content (AvgIpc) is 2.86. The van der Waals surface area contributed by atoms with Crippen molar-refractivity contribution in [2.45, 2.75) is 43.9 Å². The van der Waals surface area contributed by atoms with Gasteiger partial charge in [-0.05, 0) is 40.8 Å². The van der Waals surface area contributed by atoms with Crippen LogP contribution in [-0.2, 0) is 35.4 Å². The van der Waals surface area contributed by atoms with Crippen LogP contribution < -0.4 is 10.6 Å². The average molecular weight is 456 g/mol. The minimum Gasteiger partial charge on any atom is -0.508 e. The van der Waals surface area contributed by atoms with Gasteiger partial charge in [0.1, 0.15) is 17.8 Å². The third kappa shape index (κ3) is 4.82. The van der Waals surface area contributed by atoms with Crippen LogP contribution in [0.15, 0.2) is 78.9 Å². The number of rotatable bonds is 6. The Morgan fingerprint density at radius 2 is 1.50 bits per heavy atom. The summed E-state index contributed by atoms with van der Waals surface area (Å²) >= 11 is 0. The molecular weight excluding hydrogens is 426 g/mol. The zero-order valence-corrected chi connectivity index (χ0v) is 19.0. The van der Waals surface area contributed by atoms with Gasteiger partial charge >= 0.3 is 0 Å². The van der Waals surface area contributed by atoms with Crippen molar-refractivity contribution in [2.24, 2.45) is 0 Å². The molecule has 0 aliphatic carbocycles. The molecule has 3 aromatic rings. The summed E-state index contributed by atoms with van der Waals surface area (Å²) in [5.41, 5.74) is 4.50. The van der Waals surface area contributed by atoms with Crippen molar-refractivity contribution in [3.63, 3.8) is 0 Å². The number of phenolic OH excluding ortho intramolecular Hbond substituents is 1. The van der Waals surface area contributed by atoms with Crippen LogP contribution in [0.2, 0.25) is 0 Å². The topological polar surface area (TPSA) is 81.7 Å². The number of benzene rings is 3. The Morgan fingerprint density at radius 1 is 0.824 bits per heavy atom. The summed E-state index contributed by atoms with van der Waals surface area (Å²) in [6, 6.07) is 23.9. The van der Waals surface area contributed by atoms with Crippen LogP contribution in [0.3, 0.4) is 0 Å². The molecule has 2 amide bonds. The van der Waals surface area contributed by atoms with E-state index in [1.54, 1.807) is 29.2 Å². The van der Waals surface area contributed by atoms with Crippen LogP contribution in [0, 0.1) is 0 Å². The van der Waals surface area contributed by atoms with Gasteiger partial charge < -0.3 is 20.6 Å². The number of carbonyl (C=O) groups excluding carboxylic acids is 2. The second-order valence-corrected chi connectivity index (χ2v) is 9.18. The first-order chi connectivity index (χ1) is 16.6. The summed E-state index contributed by atoms with van der Waals surface area (Å²) in [7, 11) is 0. The highest BCUT2D eigenvalue weighted by molar-refractivity contribution is 5.97. The highest BCUT2D eigenvalue weighted by Gasteiger charge is 2.41. The van der Waals surface area contributed by atoms with Gasteiger partial charge in [-0.1, -0.05) is 66.7 Å². The summed E-state index contributed by atoms with van der Waals surface area (Å²) in [6.45, 7) is 1.24. The lowest BCUT2D eigenvalue weighted by atomic mass is 9.93. The number of hydrogen-bond acceptors (Lipinski definition) is 4. The smallest absolute Gasteiger partial charge is 0.246 e. The van der Waals surface area contributed by atoms with E-state index in [1.807, 2.05) is 42.5 Å². The van der Waals surface area contributed by atoms with Gasteiger partial charge in [-0.25, -0.2) is 0 Å². The fourth-order valence-electron chi connectivity index (χ4n) is 4.98. The molecule has 0 bridgehead atoms. The van der Waals surface area contributed by atoms with E-state index in [1.165, 1.54) is 11.1 Å². The van der Waals surface area contributed by atoms with Crippen molar-refractivity contribution in [1.29, 1.82) is 0 Å².